The Labute approximate surface area is 109 Å². The summed E-state index contributed by atoms with van der Waals surface area (Å²) in [6.07, 6.45) is 6.68. The van der Waals surface area contributed by atoms with Gasteiger partial charge < -0.3 is 10.6 Å². The zero-order chi connectivity index (χ0) is 13.1. The zero-order valence-electron chi connectivity index (χ0n) is 11.1. The third-order valence-electron chi connectivity index (χ3n) is 4.56. The molecule has 1 saturated heterocycles. The maximum Gasteiger partial charge on any atom is 0.240 e. The van der Waals surface area contributed by atoms with Gasteiger partial charge in [-0.25, -0.2) is 0 Å². The highest BCUT2D eigenvalue weighted by atomic mass is 16.2. The quantitative estimate of drug-likeness (QED) is 0.809. The third-order valence-corrected chi connectivity index (χ3v) is 4.56. The fourth-order valence-electron chi connectivity index (χ4n) is 3.28. The summed E-state index contributed by atoms with van der Waals surface area (Å²) in [5, 5.41) is 9.16. The fraction of sp³-hybridized carbons (Fsp3) is 0.857. The summed E-state index contributed by atoms with van der Waals surface area (Å²) < 4.78 is 0. The molecule has 0 aromatic carbocycles. The van der Waals surface area contributed by atoms with Gasteiger partial charge in [-0.05, 0) is 31.1 Å². The first kappa shape index (κ1) is 13.4. The molecule has 3 unspecified atom stereocenters. The summed E-state index contributed by atoms with van der Waals surface area (Å²) in [5.41, 5.74) is 6.13. The minimum atomic E-state index is -0.397. The lowest BCUT2D eigenvalue weighted by atomic mass is 9.83. The van der Waals surface area contributed by atoms with Crippen LogP contribution in [0.5, 0.6) is 0 Å². The molecule has 2 N–H and O–H groups in total. The van der Waals surface area contributed by atoms with Crippen LogP contribution in [0.15, 0.2) is 0 Å². The van der Waals surface area contributed by atoms with Crippen molar-refractivity contribution in [2.75, 3.05) is 6.54 Å². The van der Waals surface area contributed by atoms with Crippen LogP contribution in [-0.2, 0) is 4.79 Å². The Bertz CT molecular complexity index is 343. The number of nitriles is 1. The van der Waals surface area contributed by atoms with Gasteiger partial charge in [0.1, 0.15) is 6.04 Å². The molecule has 4 heteroatoms. The number of amides is 1. The molecule has 0 aromatic rings. The molecule has 2 fully saturated rings. The van der Waals surface area contributed by atoms with Crippen molar-refractivity contribution in [3.8, 4) is 6.07 Å². The lowest BCUT2D eigenvalue weighted by Crippen LogP contribution is -2.50. The van der Waals surface area contributed by atoms with E-state index in [1.165, 1.54) is 19.3 Å². The first-order valence-electron chi connectivity index (χ1n) is 7.11. The second-order valence-corrected chi connectivity index (χ2v) is 5.80. The lowest BCUT2D eigenvalue weighted by molar-refractivity contribution is -0.134. The van der Waals surface area contributed by atoms with Crippen molar-refractivity contribution in [1.82, 2.24) is 4.90 Å². The van der Waals surface area contributed by atoms with Crippen LogP contribution in [0.1, 0.15) is 45.4 Å². The normalized spacial score (nSPS) is 31.1. The molecule has 4 nitrogen and oxygen atoms in total. The molecule has 1 heterocycles. The summed E-state index contributed by atoms with van der Waals surface area (Å²) in [6, 6.07) is 1.58. The number of rotatable bonds is 2. The number of nitrogens with zero attached hydrogens (tertiary/aromatic N) is 2. The average Bonchev–Trinajstić information content (AvgIpc) is 2.79. The summed E-state index contributed by atoms with van der Waals surface area (Å²) in [4.78, 5) is 14.1. The van der Waals surface area contributed by atoms with Crippen LogP contribution >= 0.6 is 0 Å². The molecule has 2 aliphatic rings. The van der Waals surface area contributed by atoms with Crippen LogP contribution in [0.4, 0.5) is 0 Å². The van der Waals surface area contributed by atoms with E-state index in [0.717, 1.165) is 19.3 Å². The fourth-order valence-corrected chi connectivity index (χ4v) is 3.28. The predicted molar refractivity (Wildman–Crippen MR) is 69.4 cm³/mol. The van der Waals surface area contributed by atoms with E-state index in [2.05, 4.69) is 6.07 Å². The molecule has 3 atom stereocenters. The van der Waals surface area contributed by atoms with Gasteiger partial charge in [0, 0.05) is 6.54 Å². The molecule has 18 heavy (non-hydrogen) atoms. The van der Waals surface area contributed by atoms with Crippen molar-refractivity contribution in [1.29, 1.82) is 5.26 Å². The van der Waals surface area contributed by atoms with Crippen molar-refractivity contribution in [2.45, 2.75) is 57.5 Å². The van der Waals surface area contributed by atoms with E-state index in [0.29, 0.717) is 12.5 Å². The standard InChI is InChI=1S/C14H23N3O/c1-10-7-8-17(12(10)9-15)14(18)13(16)11-5-3-2-4-6-11/h10-13H,2-8,16H2,1H3. The zero-order valence-corrected chi connectivity index (χ0v) is 11.1. The van der Waals surface area contributed by atoms with Crippen LogP contribution < -0.4 is 5.73 Å². The lowest BCUT2D eigenvalue weighted by Gasteiger charge is -2.31. The monoisotopic (exact) mass is 249 g/mol. The maximum absolute atomic E-state index is 12.4. The number of hydrogen-bond acceptors (Lipinski definition) is 3. The van der Waals surface area contributed by atoms with Gasteiger partial charge in [0.15, 0.2) is 0 Å². The van der Waals surface area contributed by atoms with Crippen molar-refractivity contribution < 1.29 is 4.79 Å². The number of nitrogens with two attached hydrogens (primary N) is 1. The Hall–Kier alpha value is -1.08. The molecular weight excluding hydrogens is 226 g/mol. The van der Waals surface area contributed by atoms with Gasteiger partial charge in [-0.1, -0.05) is 26.2 Å². The molecule has 100 valence electrons. The predicted octanol–water partition coefficient (Wildman–Crippen LogP) is 1.65. The van der Waals surface area contributed by atoms with Gasteiger partial charge in [-0.3, -0.25) is 4.79 Å². The van der Waals surface area contributed by atoms with Crippen molar-refractivity contribution in [3.05, 3.63) is 0 Å². The van der Waals surface area contributed by atoms with E-state index in [4.69, 9.17) is 11.0 Å². The summed E-state index contributed by atoms with van der Waals surface area (Å²) >= 11 is 0. The number of hydrogen-bond donors (Lipinski definition) is 1. The first-order valence-corrected chi connectivity index (χ1v) is 7.11. The Morgan fingerprint density at radius 1 is 1.33 bits per heavy atom. The molecule has 0 radical (unpaired) electrons. The third kappa shape index (κ3) is 2.51. The largest absolute Gasteiger partial charge is 0.325 e. The Morgan fingerprint density at radius 2 is 2.00 bits per heavy atom. The molecular formula is C14H23N3O. The van der Waals surface area contributed by atoms with Gasteiger partial charge in [0.05, 0.1) is 12.1 Å². The number of carbonyl (C=O) groups is 1. The second kappa shape index (κ2) is 5.71. The van der Waals surface area contributed by atoms with E-state index in [9.17, 15) is 4.79 Å². The molecule has 1 aliphatic carbocycles. The number of likely N-dealkylation sites (tertiary alicyclic amines) is 1. The van der Waals surface area contributed by atoms with Crippen molar-refractivity contribution in [3.63, 3.8) is 0 Å². The SMILES string of the molecule is CC1CCN(C(=O)C(N)C2CCCCC2)C1C#N. The highest BCUT2D eigenvalue weighted by molar-refractivity contribution is 5.83. The molecule has 1 amide bonds. The van der Waals surface area contributed by atoms with E-state index < -0.39 is 6.04 Å². The van der Waals surface area contributed by atoms with Gasteiger partial charge in [-0.2, -0.15) is 5.26 Å². The molecule has 0 aromatic heterocycles. The minimum absolute atomic E-state index is 0.00204. The summed E-state index contributed by atoms with van der Waals surface area (Å²) in [6.45, 7) is 2.73. The summed E-state index contributed by atoms with van der Waals surface area (Å²) in [5.74, 6) is 0.594. The molecule has 1 saturated carbocycles. The molecule has 1 aliphatic heterocycles. The first-order chi connectivity index (χ1) is 8.65. The van der Waals surface area contributed by atoms with Crippen molar-refractivity contribution >= 4 is 5.91 Å². The van der Waals surface area contributed by atoms with Gasteiger partial charge >= 0.3 is 0 Å². The highest BCUT2D eigenvalue weighted by Crippen LogP contribution is 2.29. The van der Waals surface area contributed by atoms with Crippen molar-refractivity contribution in [2.24, 2.45) is 17.6 Å². The van der Waals surface area contributed by atoms with Gasteiger partial charge in [-0.15, -0.1) is 0 Å². The average molecular weight is 249 g/mol. The van der Waals surface area contributed by atoms with Crippen LogP contribution in [0.2, 0.25) is 0 Å². The van der Waals surface area contributed by atoms with E-state index >= 15 is 0 Å². The minimum Gasteiger partial charge on any atom is -0.325 e. The van der Waals surface area contributed by atoms with Gasteiger partial charge in [0.2, 0.25) is 5.91 Å². The molecule has 0 spiro atoms. The number of carbonyl (C=O) groups excluding carboxylic acids is 1. The molecule has 2 rings (SSSR count). The van der Waals surface area contributed by atoms with Crippen LogP contribution in [0.3, 0.4) is 0 Å². The second-order valence-electron chi connectivity index (χ2n) is 5.80. The maximum atomic E-state index is 12.4. The van der Waals surface area contributed by atoms with Crippen LogP contribution in [0.25, 0.3) is 0 Å². The highest BCUT2D eigenvalue weighted by Gasteiger charge is 2.38. The van der Waals surface area contributed by atoms with Gasteiger partial charge in [0.25, 0.3) is 0 Å². The van der Waals surface area contributed by atoms with Crippen LogP contribution in [0, 0.1) is 23.2 Å². The molecule has 0 bridgehead atoms. The Balaban J connectivity index is 2.00. The Kier molecular flexibility index (Phi) is 4.23. The van der Waals surface area contributed by atoms with Crippen LogP contribution in [-0.4, -0.2) is 29.4 Å². The smallest absolute Gasteiger partial charge is 0.240 e. The van der Waals surface area contributed by atoms with E-state index in [-0.39, 0.29) is 17.9 Å². The summed E-state index contributed by atoms with van der Waals surface area (Å²) in [7, 11) is 0. The van der Waals surface area contributed by atoms with E-state index in [1.54, 1.807) is 4.90 Å². The topological polar surface area (TPSA) is 70.1 Å². The van der Waals surface area contributed by atoms with E-state index in [1.807, 2.05) is 6.92 Å². The Morgan fingerprint density at radius 3 is 2.61 bits per heavy atom.